The number of nitrogens with two attached hydrogens (primary N) is 1. The molecule has 0 bridgehead atoms. The monoisotopic (exact) mass is 507 g/mol. The predicted octanol–water partition coefficient (Wildman–Crippen LogP) is -0.609. The van der Waals surface area contributed by atoms with E-state index in [0.717, 1.165) is 10.9 Å². The Labute approximate surface area is 206 Å². The van der Waals surface area contributed by atoms with Crippen molar-refractivity contribution in [2.45, 2.75) is 50.4 Å². The van der Waals surface area contributed by atoms with Gasteiger partial charge in [-0.25, -0.2) is 4.79 Å². The first-order valence-electron chi connectivity index (χ1n) is 10.8. The average molecular weight is 508 g/mol. The highest BCUT2D eigenvalue weighted by Gasteiger charge is 2.30. The lowest BCUT2D eigenvalue weighted by atomic mass is 10.0. The van der Waals surface area contributed by atoms with Crippen molar-refractivity contribution in [1.29, 1.82) is 0 Å². The highest BCUT2D eigenvalue weighted by Crippen LogP contribution is 2.19. The average Bonchev–Trinajstić information content (AvgIpc) is 3.21. The lowest BCUT2D eigenvalue weighted by Crippen LogP contribution is -2.57. The van der Waals surface area contributed by atoms with Crippen molar-refractivity contribution < 1.29 is 34.2 Å². The fourth-order valence-electron chi connectivity index (χ4n) is 3.30. The Balaban J connectivity index is 2.31. The van der Waals surface area contributed by atoms with Crippen LogP contribution in [0, 0.1) is 0 Å². The zero-order valence-electron chi connectivity index (χ0n) is 19.0. The van der Waals surface area contributed by atoms with Crippen molar-refractivity contribution in [3.8, 4) is 0 Å². The molecule has 13 heteroatoms. The molecule has 1 aromatic carbocycles. The normalized spacial score (nSPS) is 14.4. The lowest BCUT2D eigenvalue weighted by Gasteiger charge is -2.24. The molecular formula is C22H29N5O7S. The van der Waals surface area contributed by atoms with E-state index in [4.69, 9.17) is 10.8 Å². The van der Waals surface area contributed by atoms with E-state index < -0.39 is 60.2 Å². The quantitative estimate of drug-likeness (QED) is 0.164. The van der Waals surface area contributed by atoms with Gasteiger partial charge in [0.2, 0.25) is 17.7 Å². The number of carboxylic acid groups (broad SMARTS) is 2. The van der Waals surface area contributed by atoms with Gasteiger partial charge < -0.3 is 36.9 Å². The Morgan fingerprint density at radius 1 is 0.971 bits per heavy atom. The van der Waals surface area contributed by atoms with Crippen LogP contribution in [-0.4, -0.2) is 74.8 Å². The lowest BCUT2D eigenvalue weighted by molar-refractivity contribution is -0.141. The maximum absolute atomic E-state index is 13.0. The number of fused-ring (bicyclic) bond motifs is 1. The standard InChI is InChI=1S/C22H29N5O7S/c1-11(23)19(30)25-15(6-7-18(28)29)20(31)26-16(21(32)27-17(10-35)22(33)34)8-12-9-24-14-5-3-2-4-13(12)14/h2-5,9,11,15-17,24,35H,6-8,10,23H2,1H3,(H,25,30)(H,26,31)(H,27,32)(H,28,29)(H,33,34). The molecule has 0 fully saturated rings. The third kappa shape index (κ3) is 8.00. The minimum Gasteiger partial charge on any atom is -0.481 e. The zero-order chi connectivity index (χ0) is 26.1. The molecule has 2 rings (SSSR count). The Morgan fingerprint density at radius 3 is 2.17 bits per heavy atom. The molecule has 35 heavy (non-hydrogen) atoms. The molecule has 0 aliphatic heterocycles. The number of thiol groups is 1. The van der Waals surface area contributed by atoms with Crippen molar-refractivity contribution >= 4 is 53.2 Å². The Hall–Kier alpha value is -3.58. The summed E-state index contributed by atoms with van der Waals surface area (Å²) in [5, 5.41) is 26.3. The fourth-order valence-corrected chi connectivity index (χ4v) is 3.55. The number of hydrogen-bond acceptors (Lipinski definition) is 7. The van der Waals surface area contributed by atoms with Gasteiger partial charge >= 0.3 is 11.9 Å². The molecule has 1 heterocycles. The minimum absolute atomic E-state index is 0.00656. The Bertz CT molecular complexity index is 1090. The van der Waals surface area contributed by atoms with Crippen molar-refractivity contribution in [3.63, 3.8) is 0 Å². The van der Waals surface area contributed by atoms with Gasteiger partial charge in [0.25, 0.3) is 0 Å². The number of rotatable bonds is 13. The van der Waals surface area contributed by atoms with E-state index in [1.807, 2.05) is 18.2 Å². The molecule has 4 unspecified atom stereocenters. The highest BCUT2D eigenvalue weighted by atomic mass is 32.1. The Morgan fingerprint density at radius 2 is 1.57 bits per heavy atom. The number of hydrogen-bond donors (Lipinski definition) is 8. The largest absolute Gasteiger partial charge is 0.481 e. The second kappa shape index (κ2) is 12.8. The van der Waals surface area contributed by atoms with E-state index in [2.05, 4.69) is 33.6 Å². The van der Waals surface area contributed by atoms with Gasteiger partial charge in [0, 0.05) is 35.7 Å². The topological polar surface area (TPSA) is 204 Å². The smallest absolute Gasteiger partial charge is 0.327 e. The van der Waals surface area contributed by atoms with E-state index in [0.29, 0.717) is 5.56 Å². The van der Waals surface area contributed by atoms with Gasteiger partial charge in [-0.15, -0.1) is 0 Å². The third-order valence-corrected chi connectivity index (χ3v) is 5.59. The van der Waals surface area contributed by atoms with E-state index in [-0.39, 0.29) is 18.6 Å². The van der Waals surface area contributed by atoms with Crippen LogP contribution in [0.5, 0.6) is 0 Å². The molecule has 0 aliphatic carbocycles. The van der Waals surface area contributed by atoms with Crippen molar-refractivity contribution in [2.75, 3.05) is 5.75 Å². The van der Waals surface area contributed by atoms with E-state index in [9.17, 15) is 29.1 Å². The van der Waals surface area contributed by atoms with Crippen LogP contribution in [0.2, 0.25) is 0 Å². The van der Waals surface area contributed by atoms with E-state index in [1.165, 1.54) is 6.92 Å². The van der Waals surface area contributed by atoms with E-state index in [1.54, 1.807) is 12.3 Å². The van der Waals surface area contributed by atoms with Crippen LogP contribution in [0.25, 0.3) is 10.9 Å². The number of para-hydroxylation sites is 1. The molecular weight excluding hydrogens is 478 g/mol. The molecule has 2 aromatic rings. The van der Waals surface area contributed by atoms with Crippen LogP contribution in [0.3, 0.4) is 0 Å². The summed E-state index contributed by atoms with van der Waals surface area (Å²) >= 11 is 3.94. The summed E-state index contributed by atoms with van der Waals surface area (Å²) in [5.41, 5.74) is 7.02. The molecule has 0 saturated carbocycles. The van der Waals surface area contributed by atoms with Crippen molar-refractivity contribution in [2.24, 2.45) is 5.73 Å². The molecule has 4 atom stereocenters. The van der Waals surface area contributed by atoms with Crippen molar-refractivity contribution in [3.05, 3.63) is 36.0 Å². The summed E-state index contributed by atoms with van der Waals surface area (Å²) in [6.07, 6.45) is 1.00. The first-order chi connectivity index (χ1) is 16.5. The molecule has 0 radical (unpaired) electrons. The molecule has 0 saturated heterocycles. The number of aliphatic carboxylic acids is 2. The number of benzene rings is 1. The van der Waals surface area contributed by atoms with Gasteiger partial charge in [-0.3, -0.25) is 19.2 Å². The summed E-state index contributed by atoms with van der Waals surface area (Å²) in [4.78, 5) is 63.6. The predicted molar refractivity (Wildman–Crippen MR) is 130 cm³/mol. The number of nitrogens with one attached hydrogen (secondary N) is 4. The zero-order valence-corrected chi connectivity index (χ0v) is 19.9. The molecule has 12 nitrogen and oxygen atoms in total. The van der Waals surface area contributed by atoms with Crippen LogP contribution in [0.15, 0.2) is 30.5 Å². The first kappa shape index (κ1) is 27.7. The fraction of sp³-hybridized carbons (Fsp3) is 0.409. The maximum Gasteiger partial charge on any atom is 0.327 e. The van der Waals surface area contributed by atoms with E-state index >= 15 is 0 Å². The number of aromatic nitrogens is 1. The molecule has 8 N–H and O–H groups in total. The van der Waals surface area contributed by atoms with Gasteiger partial charge in [-0.05, 0) is 25.0 Å². The van der Waals surface area contributed by atoms with Crippen LogP contribution < -0.4 is 21.7 Å². The number of carboxylic acids is 2. The summed E-state index contributed by atoms with van der Waals surface area (Å²) in [7, 11) is 0. The molecule has 190 valence electrons. The van der Waals surface area contributed by atoms with Crippen LogP contribution in [-0.2, 0) is 30.4 Å². The van der Waals surface area contributed by atoms with Crippen LogP contribution in [0.4, 0.5) is 0 Å². The summed E-state index contributed by atoms with van der Waals surface area (Å²) < 4.78 is 0. The van der Waals surface area contributed by atoms with Gasteiger partial charge in [0.15, 0.2) is 0 Å². The van der Waals surface area contributed by atoms with Crippen LogP contribution >= 0.6 is 12.6 Å². The number of H-pyrrole nitrogens is 1. The summed E-state index contributed by atoms with van der Waals surface area (Å²) in [5.74, 6) is -4.91. The number of aromatic amines is 1. The summed E-state index contributed by atoms with van der Waals surface area (Å²) in [6, 6.07) is 2.53. The summed E-state index contributed by atoms with van der Waals surface area (Å²) in [6.45, 7) is 1.40. The number of carbonyl (C=O) groups is 5. The minimum atomic E-state index is -1.30. The second-order valence-electron chi connectivity index (χ2n) is 7.99. The highest BCUT2D eigenvalue weighted by molar-refractivity contribution is 7.80. The first-order valence-corrected chi connectivity index (χ1v) is 11.4. The molecule has 3 amide bonds. The molecule has 0 aliphatic rings. The second-order valence-corrected chi connectivity index (χ2v) is 8.35. The molecule has 1 aromatic heterocycles. The number of amides is 3. The molecule has 0 spiro atoms. The van der Waals surface area contributed by atoms with Gasteiger partial charge in [0.1, 0.15) is 18.1 Å². The van der Waals surface area contributed by atoms with Crippen LogP contribution in [0.1, 0.15) is 25.3 Å². The Kier molecular flexibility index (Phi) is 10.1. The van der Waals surface area contributed by atoms with Gasteiger partial charge in [-0.1, -0.05) is 18.2 Å². The maximum atomic E-state index is 13.0. The number of carbonyl (C=O) groups excluding carboxylic acids is 3. The van der Waals surface area contributed by atoms with Gasteiger partial charge in [-0.2, -0.15) is 12.6 Å². The van der Waals surface area contributed by atoms with Crippen molar-refractivity contribution in [1.82, 2.24) is 20.9 Å². The SMILES string of the molecule is CC(N)C(=O)NC(CCC(=O)O)C(=O)NC(Cc1c[nH]c2ccccc12)C(=O)NC(CS)C(=O)O. The van der Waals surface area contributed by atoms with Gasteiger partial charge in [0.05, 0.1) is 6.04 Å². The third-order valence-electron chi connectivity index (χ3n) is 5.22.